The molecule has 0 fully saturated rings. The number of H-pyrrole nitrogens is 1. The van der Waals surface area contributed by atoms with Gasteiger partial charge in [0.15, 0.2) is 5.16 Å². The molecule has 0 aliphatic heterocycles. The van der Waals surface area contributed by atoms with Gasteiger partial charge in [-0.3, -0.25) is 4.79 Å². The summed E-state index contributed by atoms with van der Waals surface area (Å²) in [4.78, 5) is 21.2. The van der Waals surface area contributed by atoms with Gasteiger partial charge in [0.05, 0.1) is 23.4 Å². The molecule has 0 saturated heterocycles. The summed E-state index contributed by atoms with van der Waals surface area (Å²) < 4.78 is 5.21. The highest BCUT2D eigenvalue weighted by molar-refractivity contribution is 8.00. The van der Waals surface area contributed by atoms with Crippen LogP contribution in [0.1, 0.15) is 11.8 Å². The van der Waals surface area contributed by atoms with Gasteiger partial charge in [-0.1, -0.05) is 17.8 Å². The van der Waals surface area contributed by atoms with Gasteiger partial charge in [-0.05, 0) is 36.9 Å². The highest BCUT2D eigenvalue weighted by Crippen LogP contribution is 2.25. The molecule has 0 bridgehead atoms. The number of benzene rings is 1. The molecule has 0 saturated carbocycles. The Morgan fingerprint density at radius 1 is 1.46 bits per heavy atom. The number of aromatic nitrogens is 2. The molecule has 1 aromatic carbocycles. The normalized spacial score (nSPS) is 12.2. The standard InChI is InChI=1S/C17H19N3O2S2/c1-11(16(21)18-8-7-13-4-3-9-23-13)24-17-19-14-6-5-12(22-2)10-15(14)20-17/h3-6,9-11H,7-8H2,1-2H3,(H,18,21)(H,19,20)/t11-/m0/s1. The van der Waals surface area contributed by atoms with Crippen LogP contribution in [-0.4, -0.2) is 34.8 Å². The van der Waals surface area contributed by atoms with Crippen LogP contribution in [0.5, 0.6) is 5.75 Å². The summed E-state index contributed by atoms with van der Waals surface area (Å²) in [6.07, 6.45) is 0.866. The van der Waals surface area contributed by atoms with E-state index in [-0.39, 0.29) is 11.2 Å². The highest BCUT2D eigenvalue weighted by atomic mass is 32.2. The molecule has 3 aromatic rings. The first kappa shape index (κ1) is 16.9. The van der Waals surface area contributed by atoms with Gasteiger partial charge in [-0.2, -0.15) is 0 Å². The summed E-state index contributed by atoms with van der Waals surface area (Å²) in [5.74, 6) is 0.802. The van der Waals surface area contributed by atoms with E-state index in [1.54, 1.807) is 18.4 Å². The minimum absolute atomic E-state index is 0.0228. The van der Waals surface area contributed by atoms with Gasteiger partial charge in [0.25, 0.3) is 0 Å². The largest absolute Gasteiger partial charge is 0.497 e. The zero-order valence-corrected chi connectivity index (χ0v) is 15.2. The summed E-state index contributed by atoms with van der Waals surface area (Å²) in [5, 5.41) is 5.55. The van der Waals surface area contributed by atoms with Gasteiger partial charge in [0.1, 0.15) is 5.75 Å². The number of hydrogen-bond donors (Lipinski definition) is 2. The summed E-state index contributed by atoms with van der Waals surface area (Å²) in [6.45, 7) is 2.54. The fourth-order valence-corrected chi connectivity index (χ4v) is 3.83. The Hall–Kier alpha value is -1.99. The van der Waals surface area contributed by atoms with Crippen molar-refractivity contribution >= 4 is 40.0 Å². The van der Waals surface area contributed by atoms with E-state index >= 15 is 0 Å². The summed E-state index contributed by atoms with van der Waals surface area (Å²) in [6, 6.07) is 9.78. The molecule has 0 aliphatic carbocycles. The van der Waals surface area contributed by atoms with Crippen LogP contribution in [0.15, 0.2) is 40.9 Å². The van der Waals surface area contributed by atoms with Crippen molar-refractivity contribution in [3.05, 3.63) is 40.6 Å². The maximum absolute atomic E-state index is 12.2. The number of nitrogens with zero attached hydrogens (tertiary/aromatic N) is 1. The Bertz CT molecular complexity index is 814. The van der Waals surface area contributed by atoms with Crippen LogP contribution in [0.2, 0.25) is 0 Å². The molecular formula is C17H19N3O2S2. The van der Waals surface area contributed by atoms with Crippen LogP contribution in [0.4, 0.5) is 0 Å². The van der Waals surface area contributed by atoms with E-state index in [0.29, 0.717) is 6.54 Å². The Kier molecular flexibility index (Phi) is 5.42. The van der Waals surface area contributed by atoms with Crippen molar-refractivity contribution in [2.24, 2.45) is 0 Å². The molecule has 0 aliphatic rings. The third-order valence-electron chi connectivity index (χ3n) is 3.58. The maximum Gasteiger partial charge on any atom is 0.233 e. The Balaban J connectivity index is 1.55. The molecule has 126 valence electrons. The minimum Gasteiger partial charge on any atom is -0.497 e. The Labute approximate surface area is 148 Å². The van der Waals surface area contributed by atoms with E-state index in [4.69, 9.17) is 4.74 Å². The number of carbonyl (C=O) groups is 1. The van der Waals surface area contributed by atoms with Crippen LogP contribution in [0.3, 0.4) is 0 Å². The van der Waals surface area contributed by atoms with Gasteiger partial charge >= 0.3 is 0 Å². The van der Waals surface area contributed by atoms with Gasteiger partial charge in [-0.15, -0.1) is 11.3 Å². The van der Waals surface area contributed by atoms with Crippen molar-refractivity contribution in [3.63, 3.8) is 0 Å². The van der Waals surface area contributed by atoms with E-state index in [0.717, 1.165) is 28.4 Å². The van der Waals surface area contributed by atoms with Gasteiger partial charge in [0, 0.05) is 17.5 Å². The molecule has 2 N–H and O–H groups in total. The van der Waals surface area contributed by atoms with E-state index in [9.17, 15) is 4.79 Å². The number of carbonyl (C=O) groups excluding carboxylic acids is 1. The first-order valence-electron chi connectivity index (χ1n) is 7.66. The van der Waals surface area contributed by atoms with Crippen LogP contribution in [0.25, 0.3) is 11.0 Å². The first-order chi connectivity index (χ1) is 11.7. The van der Waals surface area contributed by atoms with Crippen LogP contribution >= 0.6 is 23.1 Å². The minimum atomic E-state index is -0.212. The molecule has 5 nitrogen and oxygen atoms in total. The molecule has 1 amide bonds. The van der Waals surface area contributed by atoms with E-state index in [1.165, 1.54) is 16.6 Å². The van der Waals surface area contributed by atoms with E-state index in [1.807, 2.05) is 36.6 Å². The monoisotopic (exact) mass is 361 g/mol. The SMILES string of the molecule is COc1ccc2nc(S[C@@H](C)C(=O)NCCc3cccs3)[nH]c2c1. The molecule has 0 spiro atoms. The lowest BCUT2D eigenvalue weighted by Gasteiger charge is -2.09. The number of aromatic amines is 1. The molecule has 0 unspecified atom stereocenters. The zero-order valence-electron chi connectivity index (χ0n) is 13.5. The summed E-state index contributed by atoms with van der Waals surface area (Å²) >= 11 is 3.13. The van der Waals surface area contributed by atoms with Crippen molar-refractivity contribution in [3.8, 4) is 5.75 Å². The number of nitrogens with one attached hydrogen (secondary N) is 2. The summed E-state index contributed by atoms with van der Waals surface area (Å²) in [5.41, 5.74) is 1.77. The number of amides is 1. The van der Waals surface area contributed by atoms with Crippen LogP contribution < -0.4 is 10.1 Å². The quantitative estimate of drug-likeness (QED) is 0.632. The highest BCUT2D eigenvalue weighted by Gasteiger charge is 2.16. The zero-order chi connectivity index (χ0) is 16.9. The Morgan fingerprint density at radius 3 is 3.08 bits per heavy atom. The molecule has 2 aromatic heterocycles. The lowest BCUT2D eigenvalue weighted by atomic mass is 10.3. The average molecular weight is 361 g/mol. The van der Waals surface area contributed by atoms with Crippen LogP contribution in [0, 0.1) is 0 Å². The number of fused-ring (bicyclic) bond motifs is 1. The van der Waals surface area contributed by atoms with Crippen molar-refractivity contribution in [1.29, 1.82) is 0 Å². The van der Waals surface area contributed by atoms with Gasteiger partial charge < -0.3 is 15.0 Å². The molecule has 1 atom stereocenters. The van der Waals surface area contributed by atoms with Crippen molar-refractivity contribution in [1.82, 2.24) is 15.3 Å². The number of methoxy groups -OCH3 is 1. The van der Waals surface area contributed by atoms with E-state index < -0.39 is 0 Å². The van der Waals surface area contributed by atoms with Crippen molar-refractivity contribution < 1.29 is 9.53 Å². The number of hydrogen-bond acceptors (Lipinski definition) is 5. The molecule has 24 heavy (non-hydrogen) atoms. The molecule has 2 heterocycles. The predicted octanol–water partition coefficient (Wildman–Crippen LogP) is 3.47. The molecular weight excluding hydrogens is 342 g/mol. The van der Waals surface area contributed by atoms with Crippen molar-refractivity contribution in [2.75, 3.05) is 13.7 Å². The maximum atomic E-state index is 12.2. The smallest absolute Gasteiger partial charge is 0.233 e. The van der Waals surface area contributed by atoms with Gasteiger partial charge in [0.2, 0.25) is 5.91 Å². The van der Waals surface area contributed by atoms with E-state index in [2.05, 4.69) is 21.4 Å². The number of thiophene rings is 1. The second-order valence-corrected chi connectivity index (χ2v) is 7.67. The topological polar surface area (TPSA) is 67.0 Å². The fourth-order valence-electron chi connectivity index (χ4n) is 2.28. The lowest BCUT2D eigenvalue weighted by Crippen LogP contribution is -2.32. The van der Waals surface area contributed by atoms with Crippen LogP contribution in [-0.2, 0) is 11.2 Å². The average Bonchev–Trinajstić information content (AvgIpc) is 3.22. The molecule has 3 rings (SSSR count). The number of thioether (sulfide) groups is 1. The third kappa shape index (κ3) is 4.10. The van der Waals surface area contributed by atoms with Gasteiger partial charge in [-0.25, -0.2) is 4.98 Å². The molecule has 7 heteroatoms. The Morgan fingerprint density at radius 2 is 2.33 bits per heavy atom. The first-order valence-corrected chi connectivity index (χ1v) is 9.42. The second kappa shape index (κ2) is 7.72. The fraction of sp³-hybridized carbons (Fsp3) is 0.294. The molecule has 0 radical (unpaired) electrons. The van der Waals surface area contributed by atoms with Crippen molar-refractivity contribution in [2.45, 2.75) is 23.8 Å². The summed E-state index contributed by atoms with van der Waals surface area (Å²) in [7, 11) is 1.63. The second-order valence-electron chi connectivity index (χ2n) is 5.31. The predicted molar refractivity (Wildman–Crippen MR) is 99.0 cm³/mol. The third-order valence-corrected chi connectivity index (χ3v) is 5.50. The lowest BCUT2D eigenvalue weighted by molar-refractivity contribution is -0.120. The number of imidazole rings is 1. The number of ether oxygens (including phenoxy) is 1. The number of rotatable bonds is 7.